The summed E-state index contributed by atoms with van der Waals surface area (Å²) in [6, 6.07) is 6.96. The lowest BCUT2D eigenvalue weighted by Gasteiger charge is -2.19. The van der Waals surface area contributed by atoms with E-state index in [1.165, 1.54) is 24.3 Å². The summed E-state index contributed by atoms with van der Waals surface area (Å²) in [4.78, 5) is 25.4. The van der Waals surface area contributed by atoms with E-state index in [-0.39, 0.29) is 27.1 Å². The molecule has 1 aliphatic rings. The van der Waals surface area contributed by atoms with E-state index >= 15 is 0 Å². The summed E-state index contributed by atoms with van der Waals surface area (Å²) in [5.74, 6) is -2.25. The predicted octanol–water partition coefficient (Wildman–Crippen LogP) is 5.49. The highest BCUT2D eigenvalue weighted by Crippen LogP contribution is 2.74. The van der Waals surface area contributed by atoms with Crippen molar-refractivity contribution in [2.24, 2.45) is 5.73 Å². The molecule has 0 radical (unpaired) electrons. The van der Waals surface area contributed by atoms with E-state index in [1.54, 1.807) is 6.92 Å². The number of nitrogens with two attached hydrogens (primary N) is 1. The number of carbonyl (C=O) groups excluding carboxylic acids is 2. The maximum Gasteiger partial charge on any atom is 0.251 e. The number of hydrogen-bond acceptors (Lipinski definition) is 2. The summed E-state index contributed by atoms with van der Waals surface area (Å²) in [5.41, 5.74) is 5.67. The van der Waals surface area contributed by atoms with Gasteiger partial charge in [-0.1, -0.05) is 52.5 Å². The van der Waals surface area contributed by atoms with E-state index in [0.29, 0.717) is 30.0 Å². The molecule has 1 saturated carbocycles. The molecule has 0 spiro atoms. The molecule has 31 heavy (non-hydrogen) atoms. The minimum absolute atomic E-state index is 0.145. The van der Waals surface area contributed by atoms with Gasteiger partial charge in [0.25, 0.3) is 5.91 Å². The molecule has 2 unspecified atom stereocenters. The van der Waals surface area contributed by atoms with Crippen LogP contribution in [0.1, 0.15) is 39.4 Å². The maximum absolute atomic E-state index is 13.7. The van der Waals surface area contributed by atoms with E-state index in [2.05, 4.69) is 5.32 Å². The lowest BCUT2D eigenvalue weighted by molar-refractivity contribution is -0.120. The highest BCUT2D eigenvalue weighted by Gasteiger charge is 2.80. The van der Waals surface area contributed by atoms with Crippen LogP contribution >= 0.6 is 58.0 Å². The number of carbonyl (C=O) groups is 2. The maximum atomic E-state index is 13.7. The number of nitrogens with one attached hydrogen (secondary N) is 1. The first kappa shape index (κ1) is 24.4. The standard InChI is InChI=1S/C21H18Cl5FN2O2/c1-10-13(18(30)29-6-2-5-22)8-12(9-14(10)23)20(19(28)31)17(21(20,25)26)11-3-4-16(27)15(24)7-11/h3-4,7-9,17H,2,5-6H2,1H3,(H2,28,31)(H,29,30). The van der Waals surface area contributed by atoms with Crippen molar-refractivity contribution in [3.8, 4) is 0 Å². The van der Waals surface area contributed by atoms with E-state index < -0.39 is 27.4 Å². The monoisotopic (exact) mass is 524 g/mol. The molecule has 2 aromatic rings. The normalized spacial score (nSPS) is 21.6. The zero-order valence-corrected chi connectivity index (χ0v) is 20.0. The number of halogens is 6. The van der Waals surface area contributed by atoms with Crippen LogP contribution in [-0.4, -0.2) is 28.6 Å². The van der Waals surface area contributed by atoms with Gasteiger partial charge in [-0.2, -0.15) is 0 Å². The van der Waals surface area contributed by atoms with Crippen molar-refractivity contribution < 1.29 is 14.0 Å². The van der Waals surface area contributed by atoms with Gasteiger partial charge in [0.15, 0.2) is 0 Å². The topological polar surface area (TPSA) is 72.2 Å². The first-order chi connectivity index (χ1) is 14.5. The number of hydrogen-bond donors (Lipinski definition) is 2. The van der Waals surface area contributed by atoms with Crippen LogP contribution in [0.25, 0.3) is 0 Å². The highest BCUT2D eigenvalue weighted by atomic mass is 35.5. The second kappa shape index (κ2) is 8.95. The molecule has 0 heterocycles. The van der Waals surface area contributed by atoms with Gasteiger partial charge in [-0.3, -0.25) is 9.59 Å². The predicted molar refractivity (Wildman–Crippen MR) is 123 cm³/mol. The lowest BCUT2D eigenvalue weighted by atomic mass is 9.87. The molecule has 1 fully saturated rings. The van der Waals surface area contributed by atoms with Gasteiger partial charge < -0.3 is 11.1 Å². The third kappa shape index (κ3) is 4.00. The lowest BCUT2D eigenvalue weighted by Crippen LogP contribution is -2.34. The smallest absolute Gasteiger partial charge is 0.251 e. The van der Waals surface area contributed by atoms with E-state index in [9.17, 15) is 14.0 Å². The fourth-order valence-electron chi connectivity index (χ4n) is 3.87. The van der Waals surface area contributed by atoms with Crippen molar-refractivity contribution in [2.45, 2.75) is 29.0 Å². The molecule has 166 valence electrons. The Morgan fingerprint density at radius 1 is 1.16 bits per heavy atom. The van der Waals surface area contributed by atoms with Crippen molar-refractivity contribution in [2.75, 3.05) is 12.4 Å². The summed E-state index contributed by atoms with van der Waals surface area (Å²) in [6.45, 7) is 2.05. The minimum atomic E-state index is -1.66. The molecular weight excluding hydrogens is 509 g/mol. The number of benzene rings is 2. The Balaban J connectivity index is 2.12. The summed E-state index contributed by atoms with van der Waals surface area (Å²) >= 11 is 31.1. The van der Waals surface area contributed by atoms with Crippen molar-refractivity contribution >= 4 is 69.8 Å². The average Bonchev–Trinajstić information content (AvgIpc) is 3.23. The van der Waals surface area contributed by atoms with Crippen LogP contribution in [0.3, 0.4) is 0 Å². The Kier molecular flexibility index (Phi) is 7.05. The van der Waals surface area contributed by atoms with Gasteiger partial charge in [-0.25, -0.2) is 4.39 Å². The van der Waals surface area contributed by atoms with Crippen LogP contribution in [0.4, 0.5) is 4.39 Å². The molecule has 2 aromatic carbocycles. The van der Waals surface area contributed by atoms with E-state index in [1.807, 2.05) is 0 Å². The van der Waals surface area contributed by atoms with Gasteiger partial charge in [0.1, 0.15) is 15.6 Å². The van der Waals surface area contributed by atoms with Gasteiger partial charge >= 0.3 is 0 Å². The molecule has 2 amide bonds. The Morgan fingerprint density at radius 3 is 2.42 bits per heavy atom. The van der Waals surface area contributed by atoms with E-state index in [4.69, 9.17) is 63.7 Å². The van der Waals surface area contributed by atoms with Gasteiger partial charge in [0.05, 0.1) is 5.02 Å². The molecule has 0 aliphatic heterocycles. The number of amides is 2. The molecule has 0 saturated heterocycles. The molecule has 0 bridgehead atoms. The van der Waals surface area contributed by atoms with Crippen LogP contribution in [0.5, 0.6) is 0 Å². The zero-order chi connectivity index (χ0) is 23.1. The number of rotatable bonds is 7. The summed E-state index contributed by atoms with van der Waals surface area (Å²) in [6.07, 6.45) is 0.588. The quantitative estimate of drug-likeness (QED) is 0.370. The first-order valence-corrected chi connectivity index (χ1v) is 11.3. The fraction of sp³-hybridized carbons (Fsp3) is 0.333. The van der Waals surface area contributed by atoms with Crippen molar-refractivity contribution in [3.05, 3.63) is 68.4 Å². The zero-order valence-electron chi connectivity index (χ0n) is 16.2. The van der Waals surface area contributed by atoms with Crippen LogP contribution in [0.15, 0.2) is 30.3 Å². The second-order valence-electron chi connectivity index (χ2n) is 7.33. The van der Waals surface area contributed by atoms with Crippen molar-refractivity contribution in [1.82, 2.24) is 5.32 Å². The Bertz CT molecular complexity index is 1060. The molecule has 3 N–H and O–H groups in total. The van der Waals surface area contributed by atoms with Crippen molar-refractivity contribution in [3.63, 3.8) is 0 Å². The Labute approximate surface area is 204 Å². The van der Waals surface area contributed by atoms with Gasteiger partial charge in [-0.05, 0) is 54.3 Å². The Morgan fingerprint density at radius 2 is 1.84 bits per heavy atom. The molecule has 1 aliphatic carbocycles. The molecular formula is C21H18Cl5FN2O2. The SMILES string of the molecule is Cc1c(Cl)cc(C2(C(N)=O)C(c3ccc(F)c(Cl)c3)C2(Cl)Cl)cc1C(=O)NCCCCl. The largest absolute Gasteiger partial charge is 0.369 e. The molecule has 3 rings (SSSR count). The summed E-state index contributed by atoms with van der Waals surface area (Å²) in [7, 11) is 0. The molecule has 0 aromatic heterocycles. The fourth-order valence-corrected chi connectivity index (χ4v) is 5.50. The van der Waals surface area contributed by atoms with Crippen LogP contribution in [-0.2, 0) is 10.2 Å². The number of primary amides is 1. The average molecular weight is 527 g/mol. The summed E-state index contributed by atoms with van der Waals surface area (Å²) < 4.78 is 12.0. The molecule has 4 nitrogen and oxygen atoms in total. The van der Waals surface area contributed by atoms with Crippen molar-refractivity contribution in [1.29, 1.82) is 0 Å². The first-order valence-electron chi connectivity index (χ1n) is 9.27. The second-order valence-corrected chi connectivity index (χ2v) is 9.91. The van der Waals surface area contributed by atoms with Gasteiger partial charge in [0.2, 0.25) is 5.91 Å². The highest BCUT2D eigenvalue weighted by molar-refractivity contribution is 6.55. The van der Waals surface area contributed by atoms with Crippen LogP contribution in [0, 0.1) is 12.7 Å². The number of alkyl halides is 3. The van der Waals surface area contributed by atoms with Gasteiger partial charge in [-0.15, -0.1) is 11.6 Å². The third-order valence-corrected chi connectivity index (χ3v) is 7.53. The van der Waals surface area contributed by atoms with Gasteiger partial charge in [0, 0.05) is 28.9 Å². The van der Waals surface area contributed by atoms with E-state index in [0.717, 1.165) is 6.07 Å². The molecule has 2 atom stereocenters. The minimum Gasteiger partial charge on any atom is -0.369 e. The Hall–Kier alpha value is -1.24. The molecule has 10 heteroatoms. The van der Waals surface area contributed by atoms with Crippen LogP contribution < -0.4 is 11.1 Å². The van der Waals surface area contributed by atoms with Crippen LogP contribution in [0.2, 0.25) is 10.0 Å². The third-order valence-electron chi connectivity index (χ3n) is 5.54. The summed E-state index contributed by atoms with van der Waals surface area (Å²) in [5, 5.41) is 2.85.